The van der Waals surface area contributed by atoms with E-state index in [9.17, 15) is 9.59 Å². The standard InChI is InChI=1S/C21H26N4O3S/c1-12(2)10-25-19(6-5-18(22)26)23-24-21(25)29-11-15-9-20(27)28-17-8-14(4)13(3)7-16(15)17/h7-9,12H,5-6,10-11H2,1-4H3,(H2,22,26). The summed E-state index contributed by atoms with van der Waals surface area (Å²) in [4.78, 5) is 23.2. The number of aryl methyl sites for hydroxylation is 3. The molecule has 0 fully saturated rings. The van der Waals surface area contributed by atoms with Crippen LogP contribution < -0.4 is 11.4 Å². The van der Waals surface area contributed by atoms with Crippen molar-refractivity contribution in [3.8, 4) is 0 Å². The normalized spacial score (nSPS) is 11.5. The van der Waals surface area contributed by atoms with Crippen molar-refractivity contribution < 1.29 is 9.21 Å². The lowest BCUT2D eigenvalue weighted by Crippen LogP contribution is -2.15. The maximum atomic E-state index is 12.0. The molecule has 0 aliphatic carbocycles. The van der Waals surface area contributed by atoms with Crippen LogP contribution in [0, 0.1) is 19.8 Å². The fraction of sp³-hybridized carbons (Fsp3) is 0.429. The number of amides is 1. The summed E-state index contributed by atoms with van der Waals surface area (Å²) in [6, 6.07) is 5.51. The van der Waals surface area contributed by atoms with Gasteiger partial charge in [0.2, 0.25) is 5.91 Å². The van der Waals surface area contributed by atoms with Crippen LogP contribution in [0.2, 0.25) is 0 Å². The molecule has 1 aromatic carbocycles. The SMILES string of the molecule is Cc1cc2oc(=O)cc(CSc3nnc(CCC(N)=O)n3CC(C)C)c2cc1C. The number of carbonyl (C=O) groups excluding carboxylic acids is 1. The summed E-state index contributed by atoms with van der Waals surface area (Å²) < 4.78 is 7.43. The highest BCUT2D eigenvalue weighted by Crippen LogP contribution is 2.28. The third-order valence-electron chi connectivity index (χ3n) is 4.74. The lowest BCUT2D eigenvalue weighted by atomic mass is 10.0. The number of primary amides is 1. The van der Waals surface area contributed by atoms with Crippen LogP contribution in [-0.4, -0.2) is 20.7 Å². The van der Waals surface area contributed by atoms with Crippen LogP contribution >= 0.6 is 11.8 Å². The monoisotopic (exact) mass is 414 g/mol. The van der Waals surface area contributed by atoms with Gasteiger partial charge in [0.15, 0.2) is 5.16 Å². The predicted octanol–water partition coefficient (Wildman–Crippen LogP) is 3.37. The molecule has 2 N–H and O–H groups in total. The number of rotatable bonds is 8. The molecule has 0 aliphatic rings. The number of thioether (sulfide) groups is 1. The first-order valence-electron chi connectivity index (χ1n) is 9.61. The number of nitrogens with zero attached hydrogens (tertiary/aromatic N) is 3. The molecule has 8 heteroatoms. The van der Waals surface area contributed by atoms with Gasteiger partial charge in [0.05, 0.1) is 0 Å². The second kappa shape index (κ2) is 8.82. The Kier molecular flexibility index (Phi) is 6.42. The van der Waals surface area contributed by atoms with Crippen LogP contribution in [-0.2, 0) is 23.5 Å². The van der Waals surface area contributed by atoms with Crippen molar-refractivity contribution in [1.29, 1.82) is 0 Å². The quantitative estimate of drug-likeness (QED) is 0.448. The average molecular weight is 415 g/mol. The van der Waals surface area contributed by atoms with Crippen LogP contribution in [0.3, 0.4) is 0 Å². The van der Waals surface area contributed by atoms with Gasteiger partial charge in [-0.3, -0.25) is 4.79 Å². The van der Waals surface area contributed by atoms with Gasteiger partial charge < -0.3 is 14.7 Å². The van der Waals surface area contributed by atoms with Gasteiger partial charge in [-0.05, 0) is 48.6 Å². The van der Waals surface area contributed by atoms with Crippen molar-refractivity contribution in [2.75, 3.05) is 0 Å². The summed E-state index contributed by atoms with van der Waals surface area (Å²) in [7, 11) is 0. The number of hydrogen-bond donors (Lipinski definition) is 1. The van der Waals surface area contributed by atoms with Crippen molar-refractivity contribution in [2.45, 2.75) is 58.0 Å². The zero-order valence-corrected chi connectivity index (χ0v) is 18.0. The Hall–Kier alpha value is -2.61. The van der Waals surface area contributed by atoms with E-state index in [1.165, 1.54) is 11.8 Å². The molecule has 3 aromatic rings. The van der Waals surface area contributed by atoms with Gasteiger partial charge in [0.25, 0.3) is 0 Å². The maximum absolute atomic E-state index is 12.0. The highest BCUT2D eigenvalue weighted by atomic mass is 32.2. The largest absolute Gasteiger partial charge is 0.423 e. The first kappa shape index (κ1) is 21.1. The molecule has 0 saturated heterocycles. The Bertz CT molecular complexity index is 1100. The van der Waals surface area contributed by atoms with Crippen LogP contribution in [0.4, 0.5) is 0 Å². The first-order valence-corrected chi connectivity index (χ1v) is 10.6. The molecule has 2 aromatic heterocycles. The van der Waals surface area contributed by atoms with E-state index in [-0.39, 0.29) is 18.0 Å². The minimum atomic E-state index is -0.359. The van der Waals surface area contributed by atoms with E-state index >= 15 is 0 Å². The third kappa shape index (κ3) is 5.06. The third-order valence-corrected chi connectivity index (χ3v) is 5.75. The second-order valence-electron chi connectivity index (χ2n) is 7.68. The number of hydrogen-bond acceptors (Lipinski definition) is 6. The number of fused-ring (bicyclic) bond motifs is 1. The topological polar surface area (TPSA) is 104 Å². The van der Waals surface area contributed by atoms with E-state index in [1.807, 2.05) is 24.5 Å². The summed E-state index contributed by atoms with van der Waals surface area (Å²) in [5.41, 5.74) is 8.66. The molecule has 3 rings (SSSR count). The van der Waals surface area contributed by atoms with Gasteiger partial charge in [0, 0.05) is 36.6 Å². The van der Waals surface area contributed by atoms with E-state index in [0.29, 0.717) is 23.7 Å². The molecule has 7 nitrogen and oxygen atoms in total. The summed E-state index contributed by atoms with van der Waals surface area (Å²) in [6.45, 7) is 9.03. The molecular weight excluding hydrogens is 388 g/mol. The van der Waals surface area contributed by atoms with Gasteiger partial charge in [-0.2, -0.15) is 0 Å². The molecule has 0 aliphatic heterocycles. The molecule has 0 saturated carbocycles. The lowest BCUT2D eigenvalue weighted by Gasteiger charge is -2.12. The van der Waals surface area contributed by atoms with E-state index in [2.05, 4.69) is 30.1 Å². The maximum Gasteiger partial charge on any atom is 0.336 e. The molecule has 29 heavy (non-hydrogen) atoms. The Morgan fingerprint density at radius 3 is 2.62 bits per heavy atom. The molecule has 0 spiro atoms. The number of nitrogens with two attached hydrogens (primary N) is 1. The molecule has 1 amide bonds. The molecule has 2 heterocycles. The molecule has 154 valence electrons. The zero-order chi connectivity index (χ0) is 21.1. The summed E-state index contributed by atoms with van der Waals surface area (Å²) in [5, 5.41) is 10.3. The molecule has 0 radical (unpaired) electrons. The Morgan fingerprint density at radius 2 is 1.93 bits per heavy atom. The Morgan fingerprint density at radius 1 is 1.21 bits per heavy atom. The van der Waals surface area contributed by atoms with Crippen molar-refractivity contribution in [3.63, 3.8) is 0 Å². The van der Waals surface area contributed by atoms with Crippen LogP contribution in [0.15, 0.2) is 32.6 Å². The van der Waals surface area contributed by atoms with Crippen LogP contribution in [0.25, 0.3) is 11.0 Å². The van der Waals surface area contributed by atoms with Gasteiger partial charge >= 0.3 is 5.63 Å². The van der Waals surface area contributed by atoms with Gasteiger partial charge in [-0.15, -0.1) is 10.2 Å². The fourth-order valence-electron chi connectivity index (χ4n) is 3.14. The van der Waals surface area contributed by atoms with Crippen LogP contribution in [0.1, 0.15) is 42.8 Å². The number of carbonyl (C=O) groups is 1. The zero-order valence-electron chi connectivity index (χ0n) is 17.2. The van der Waals surface area contributed by atoms with E-state index in [1.54, 1.807) is 6.07 Å². The van der Waals surface area contributed by atoms with Gasteiger partial charge in [-0.25, -0.2) is 4.79 Å². The van der Waals surface area contributed by atoms with Gasteiger partial charge in [-0.1, -0.05) is 25.6 Å². The summed E-state index contributed by atoms with van der Waals surface area (Å²) in [5.74, 6) is 1.36. The molecule has 0 atom stereocenters. The number of benzene rings is 1. The number of aromatic nitrogens is 3. The minimum absolute atomic E-state index is 0.240. The van der Waals surface area contributed by atoms with E-state index in [0.717, 1.165) is 39.6 Å². The summed E-state index contributed by atoms with van der Waals surface area (Å²) in [6.07, 6.45) is 0.704. The Labute approximate surface area is 173 Å². The fourth-order valence-corrected chi connectivity index (χ4v) is 4.10. The van der Waals surface area contributed by atoms with Crippen molar-refractivity contribution in [1.82, 2.24) is 14.8 Å². The highest BCUT2D eigenvalue weighted by molar-refractivity contribution is 7.98. The smallest absolute Gasteiger partial charge is 0.336 e. The molecule has 0 unspecified atom stereocenters. The van der Waals surface area contributed by atoms with Crippen molar-refractivity contribution in [3.05, 3.63) is 51.1 Å². The van der Waals surface area contributed by atoms with E-state index < -0.39 is 0 Å². The van der Waals surface area contributed by atoms with Crippen LogP contribution in [0.5, 0.6) is 0 Å². The Balaban J connectivity index is 1.90. The van der Waals surface area contributed by atoms with Gasteiger partial charge in [0.1, 0.15) is 11.4 Å². The minimum Gasteiger partial charge on any atom is -0.423 e. The highest BCUT2D eigenvalue weighted by Gasteiger charge is 2.16. The lowest BCUT2D eigenvalue weighted by molar-refractivity contribution is -0.118. The molecule has 0 bridgehead atoms. The first-order chi connectivity index (χ1) is 13.7. The summed E-state index contributed by atoms with van der Waals surface area (Å²) >= 11 is 1.52. The van der Waals surface area contributed by atoms with E-state index in [4.69, 9.17) is 10.2 Å². The predicted molar refractivity (Wildman–Crippen MR) is 114 cm³/mol. The second-order valence-corrected chi connectivity index (χ2v) is 8.62. The average Bonchev–Trinajstić information content (AvgIpc) is 3.00. The molecular formula is C21H26N4O3S. The van der Waals surface area contributed by atoms with Crippen molar-refractivity contribution >= 4 is 28.6 Å². The van der Waals surface area contributed by atoms with Crippen molar-refractivity contribution in [2.24, 2.45) is 11.7 Å².